The predicted molar refractivity (Wildman–Crippen MR) is 77.3 cm³/mol. The van der Waals surface area contributed by atoms with Crippen LogP contribution in [0.3, 0.4) is 0 Å². The number of hydrogen-bond donors (Lipinski definition) is 2. The van der Waals surface area contributed by atoms with Crippen molar-refractivity contribution >= 4 is 11.6 Å². The number of ether oxygens (including phenoxy) is 1. The van der Waals surface area contributed by atoms with Crippen LogP contribution in [0.15, 0.2) is 30.3 Å². The van der Waals surface area contributed by atoms with E-state index in [9.17, 15) is 4.79 Å². The van der Waals surface area contributed by atoms with Crippen molar-refractivity contribution in [3.05, 3.63) is 30.3 Å². The highest BCUT2D eigenvalue weighted by atomic mass is 16.5. The molecule has 1 rings (SSSR count). The SMILES string of the molecule is CN(C)CCOCCNCC(=O)Nc1ccccc1. The van der Waals surface area contributed by atoms with Crippen LogP contribution in [0, 0.1) is 0 Å². The van der Waals surface area contributed by atoms with Crippen molar-refractivity contribution < 1.29 is 9.53 Å². The minimum Gasteiger partial charge on any atom is -0.379 e. The molecule has 5 heteroatoms. The summed E-state index contributed by atoms with van der Waals surface area (Å²) < 4.78 is 5.41. The largest absolute Gasteiger partial charge is 0.379 e. The molecule has 2 N–H and O–H groups in total. The lowest BCUT2D eigenvalue weighted by Crippen LogP contribution is -2.31. The van der Waals surface area contributed by atoms with Crippen LogP contribution in [0.2, 0.25) is 0 Å². The van der Waals surface area contributed by atoms with Gasteiger partial charge in [0, 0.05) is 18.8 Å². The highest BCUT2D eigenvalue weighted by Gasteiger charge is 2.00. The average molecular weight is 265 g/mol. The van der Waals surface area contributed by atoms with Gasteiger partial charge in [0.15, 0.2) is 0 Å². The van der Waals surface area contributed by atoms with Crippen molar-refractivity contribution in [1.29, 1.82) is 0 Å². The van der Waals surface area contributed by atoms with Gasteiger partial charge in [0.25, 0.3) is 0 Å². The van der Waals surface area contributed by atoms with E-state index < -0.39 is 0 Å². The van der Waals surface area contributed by atoms with Crippen molar-refractivity contribution in [2.24, 2.45) is 0 Å². The molecule has 0 fully saturated rings. The Morgan fingerprint density at radius 2 is 1.95 bits per heavy atom. The summed E-state index contributed by atoms with van der Waals surface area (Å²) in [4.78, 5) is 13.6. The first kappa shape index (κ1) is 15.6. The molecule has 0 unspecified atom stereocenters. The van der Waals surface area contributed by atoms with Crippen LogP contribution in [0.5, 0.6) is 0 Å². The van der Waals surface area contributed by atoms with Gasteiger partial charge in [0.05, 0.1) is 19.8 Å². The molecular weight excluding hydrogens is 242 g/mol. The lowest BCUT2D eigenvalue weighted by atomic mass is 10.3. The standard InChI is InChI=1S/C14H23N3O2/c1-17(2)9-11-19-10-8-15-12-14(18)16-13-6-4-3-5-7-13/h3-7,15H,8-12H2,1-2H3,(H,16,18). The number of amides is 1. The number of nitrogens with one attached hydrogen (secondary N) is 2. The third kappa shape index (κ3) is 8.31. The van der Waals surface area contributed by atoms with E-state index in [1.165, 1.54) is 0 Å². The van der Waals surface area contributed by atoms with Gasteiger partial charge in [0.2, 0.25) is 5.91 Å². The van der Waals surface area contributed by atoms with Crippen molar-refractivity contribution in [3.63, 3.8) is 0 Å². The van der Waals surface area contributed by atoms with Gasteiger partial charge in [0.1, 0.15) is 0 Å². The molecule has 1 aromatic rings. The highest BCUT2D eigenvalue weighted by molar-refractivity contribution is 5.92. The molecule has 0 aliphatic rings. The van der Waals surface area contributed by atoms with Gasteiger partial charge in [-0.15, -0.1) is 0 Å². The van der Waals surface area contributed by atoms with Crippen molar-refractivity contribution in [1.82, 2.24) is 10.2 Å². The maximum absolute atomic E-state index is 11.6. The zero-order valence-electron chi connectivity index (χ0n) is 11.7. The molecule has 0 aromatic heterocycles. The molecule has 5 nitrogen and oxygen atoms in total. The first-order chi connectivity index (χ1) is 9.18. The normalized spacial score (nSPS) is 10.7. The summed E-state index contributed by atoms with van der Waals surface area (Å²) >= 11 is 0. The predicted octanol–water partition coefficient (Wildman–Crippen LogP) is 0.793. The molecule has 0 aliphatic carbocycles. The van der Waals surface area contributed by atoms with Gasteiger partial charge >= 0.3 is 0 Å². The van der Waals surface area contributed by atoms with Crippen LogP contribution in [0.1, 0.15) is 0 Å². The van der Waals surface area contributed by atoms with Crippen molar-refractivity contribution in [2.45, 2.75) is 0 Å². The molecule has 0 saturated heterocycles. The van der Waals surface area contributed by atoms with E-state index >= 15 is 0 Å². The van der Waals surface area contributed by atoms with Crippen LogP contribution in [-0.4, -0.2) is 57.8 Å². The lowest BCUT2D eigenvalue weighted by molar-refractivity contribution is -0.115. The molecule has 0 atom stereocenters. The number of carbonyl (C=O) groups is 1. The number of carbonyl (C=O) groups excluding carboxylic acids is 1. The topological polar surface area (TPSA) is 53.6 Å². The van der Waals surface area contributed by atoms with E-state index in [1.807, 2.05) is 44.4 Å². The fourth-order valence-electron chi connectivity index (χ4n) is 1.42. The number of nitrogens with zero attached hydrogens (tertiary/aromatic N) is 1. The quantitative estimate of drug-likeness (QED) is 0.648. The molecule has 0 bridgehead atoms. The Labute approximate surface area is 114 Å². The molecule has 0 heterocycles. The summed E-state index contributed by atoms with van der Waals surface area (Å²) in [6, 6.07) is 9.42. The Morgan fingerprint density at radius 3 is 2.63 bits per heavy atom. The summed E-state index contributed by atoms with van der Waals surface area (Å²) in [6.07, 6.45) is 0. The molecular formula is C14H23N3O2. The third-order valence-corrected chi connectivity index (χ3v) is 2.45. The van der Waals surface area contributed by atoms with Gasteiger partial charge in [-0.05, 0) is 26.2 Å². The summed E-state index contributed by atoms with van der Waals surface area (Å²) in [5.41, 5.74) is 0.816. The van der Waals surface area contributed by atoms with Crippen LogP contribution in [-0.2, 0) is 9.53 Å². The Morgan fingerprint density at radius 1 is 1.21 bits per heavy atom. The van der Waals surface area contributed by atoms with Gasteiger partial charge in [-0.3, -0.25) is 4.79 Å². The fourth-order valence-corrected chi connectivity index (χ4v) is 1.42. The average Bonchev–Trinajstić information content (AvgIpc) is 2.38. The van der Waals surface area contributed by atoms with Crippen LogP contribution in [0.4, 0.5) is 5.69 Å². The molecule has 1 aromatic carbocycles. The fraction of sp³-hybridized carbons (Fsp3) is 0.500. The summed E-state index contributed by atoms with van der Waals surface area (Å²) in [5.74, 6) is -0.0421. The molecule has 0 saturated carbocycles. The number of anilines is 1. The van der Waals surface area contributed by atoms with E-state index in [1.54, 1.807) is 0 Å². The van der Waals surface area contributed by atoms with Crippen molar-refractivity contribution in [3.8, 4) is 0 Å². The Bertz CT molecular complexity index is 355. The molecule has 0 radical (unpaired) electrons. The minimum atomic E-state index is -0.0421. The van der Waals surface area contributed by atoms with E-state index in [-0.39, 0.29) is 5.91 Å². The van der Waals surface area contributed by atoms with E-state index in [0.29, 0.717) is 26.3 Å². The summed E-state index contributed by atoms with van der Waals surface area (Å²) in [5, 5.41) is 5.85. The Hall–Kier alpha value is -1.43. The molecule has 106 valence electrons. The molecule has 1 amide bonds. The summed E-state index contributed by atoms with van der Waals surface area (Å²) in [6.45, 7) is 3.22. The van der Waals surface area contributed by atoms with Crippen LogP contribution in [0.25, 0.3) is 0 Å². The monoisotopic (exact) mass is 265 g/mol. The van der Waals surface area contributed by atoms with Gasteiger partial charge in [-0.25, -0.2) is 0 Å². The zero-order chi connectivity index (χ0) is 13.9. The van der Waals surface area contributed by atoms with Crippen LogP contribution < -0.4 is 10.6 Å². The number of rotatable bonds is 9. The maximum Gasteiger partial charge on any atom is 0.238 e. The Balaban J connectivity index is 1.99. The van der Waals surface area contributed by atoms with Crippen LogP contribution >= 0.6 is 0 Å². The second-order valence-electron chi connectivity index (χ2n) is 4.51. The first-order valence-corrected chi connectivity index (χ1v) is 6.46. The lowest BCUT2D eigenvalue weighted by Gasteiger charge is -2.10. The Kier molecular flexibility index (Phi) is 7.81. The van der Waals surface area contributed by atoms with E-state index in [4.69, 9.17) is 4.74 Å². The zero-order valence-corrected chi connectivity index (χ0v) is 11.7. The second kappa shape index (κ2) is 9.49. The smallest absolute Gasteiger partial charge is 0.238 e. The van der Waals surface area contributed by atoms with E-state index in [0.717, 1.165) is 12.2 Å². The first-order valence-electron chi connectivity index (χ1n) is 6.46. The van der Waals surface area contributed by atoms with Gasteiger partial charge in [-0.2, -0.15) is 0 Å². The molecule has 0 aliphatic heterocycles. The maximum atomic E-state index is 11.6. The van der Waals surface area contributed by atoms with E-state index in [2.05, 4.69) is 15.5 Å². The minimum absolute atomic E-state index is 0.0421. The highest BCUT2D eigenvalue weighted by Crippen LogP contribution is 2.03. The number of para-hydroxylation sites is 1. The third-order valence-electron chi connectivity index (χ3n) is 2.45. The second-order valence-corrected chi connectivity index (χ2v) is 4.51. The number of likely N-dealkylation sites (N-methyl/N-ethyl adjacent to an activating group) is 1. The number of hydrogen-bond acceptors (Lipinski definition) is 4. The van der Waals surface area contributed by atoms with Crippen molar-refractivity contribution in [2.75, 3.05) is 52.3 Å². The van der Waals surface area contributed by atoms with Gasteiger partial charge < -0.3 is 20.3 Å². The number of benzene rings is 1. The molecule has 0 spiro atoms. The van der Waals surface area contributed by atoms with Gasteiger partial charge in [-0.1, -0.05) is 18.2 Å². The summed E-state index contributed by atoms with van der Waals surface area (Å²) in [7, 11) is 4.02. The molecule has 19 heavy (non-hydrogen) atoms.